The maximum Gasteiger partial charge on any atom is 0.242 e. The van der Waals surface area contributed by atoms with E-state index in [-0.39, 0.29) is 23.6 Å². The lowest BCUT2D eigenvalue weighted by Crippen LogP contribution is -2.49. The minimum Gasteiger partial charge on any atom is -0.490 e. The molecule has 2 aromatic rings. The molecule has 7 heteroatoms. The summed E-state index contributed by atoms with van der Waals surface area (Å²) in [6.07, 6.45) is 1.25. The number of nitrogens with zero attached hydrogens (tertiary/aromatic N) is 1. The van der Waals surface area contributed by atoms with E-state index in [1.165, 1.54) is 31.6 Å². The summed E-state index contributed by atoms with van der Waals surface area (Å²) in [5.41, 5.74) is 0.269. The van der Waals surface area contributed by atoms with Crippen molar-refractivity contribution >= 4 is 5.91 Å². The van der Waals surface area contributed by atoms with E-state index in [0.29, 0.717) is 24.4 Å². The number of halogens is 1. The highest BCUT2D eigenvalue weighted by Gasteiger charge is 2.31. The van der Waals surface area contributed by atoms with Crippen molar-refractivity contribution < 1.29 is 18.3 Å². The molecule has 1 aliphatic heterocycles. The van der Waals surface area contributed by atoms with Crippen LogP contribution in [-0.2, 0) is 11.3 Å². The van der Waals surface area contributed by atoms with Crippen LogP contribution in [0.2, 0.25) is 0 Å². The summed E-state index contributed by atoms with van der Waals surface area (Å²) >= 11 is 0. The molecule has 1 amide bonds. The summed E-state index contributed by atoms with van der Waals surface area (Å²) in [7, 11) is 1.39. The second kappa shape index (κ2) is 6.84. The van der Waals surface area contributed by atoms with Gasteiger partial charge in [0.15, 0.2) is 0 Å². The number of ether oxygens (including phenoxy) is 1. The van der Waals surface area contributed by atoms with Gasteiger partial charge < -0.3 is 14.5 Å². The van der Waals surface area contributed by atoms with Crippen LogP contribution in [-0.4, -0.2) is 31.0 Å². The van der Waals surface area contributed by atoms with Gasteiger partial charge in [-0.25, -0.2) is 4.39 Å². The number of rotatable bonds is 4. The van der Waals surface area contributed by atoms with Crippen molar-refractivity contribution in [1.82, 2.24) is 10.2 Å². The monoisotopic (exact) mass is 332 g/mol. The van der Waals surface area contributed by atoms with Crippen LogP contribution in [0.5, 0.6) is 5.75 Å². The summed E-state index contributed by atoms with van der Waals surface area (Å²) in [6, 6.07) is 6.65. The predicted octanol–water partition coefficient (Wildman–Crippen LogP) is 1.46. The molecule has 3 rings (SSSR count). The Labute approximate surface area is 137 Å². The van der Waals surface area contributed by atoms with Crippen LogP contribution in [0.15, 0.2) is 45.8 Å². The molecule has 1 aliphatic rings. The van der Waals surface area contributed by atoms with E-state index in [0.717, 1.165) is 0 Å². The molecule has 6 nitrogen and oxygen atoms in total. The first-order valence-corrected chi connectivity index (χ1v) is 7.51. The zero-order valence-electron chi connectivity index (χ0n) is 13.1. The van der Waals surface area contributed by atoms with Crippen LogP contribution >= 0.6 is 0 Å². The topological polar surface area (TPSA) is 71.8 Å². The standard InChI is InChI=1S/C17H17FN2O4/c1-23-15-10-24-13(8-14(15)21)9-20-6-5-19-17(22)16(20)11-3-2-4-12(18)7-11/h2-4,7-8,10,16H,5-6,9H2,1H3,(H,19,22). The summed E-state index contributed by atoms with van der Waals surface area (Å²) in [5, 5.41) is 2.78. The number of piperazine rings is 1. The van der Waals surface area contributed by atoms with Crippen molar-refractivity contribution in [3.05, 3.63) is 64.0 Å². The van der Waals surface area contributed by atoms with Gasteiger partial charge in [-0.3, -0.25) is 14.5 Å². The third-order valence-electron chi connectivity index (χ3n) is 3.91. The van der Waals surface area contributed by atoms with Gasteiger partial charge in [0.05, 0.1) is 13.7 Å². The summed E-state index contributed by atoms with van der Waals surface area (Å²) < 4.78 is 23.8. The predicted molar refractivity (Wildman–Crippen MR) is 84.1 cm³/mol. The number of hydrogen-bond donors (Lipinski definition) is 1. The summed E-state index contributed by atoms with van der Waals surface area (Å²) in [4.78, 5) is 26.0. The molecule has 0 saturated carbocycles. The lowest BCUT2D eigenvalue weighted by Gasteiger charge is -2.34. The summed E-state index contributed by atoms with van der Waals surface area (Å²) in [6.45, 7) is 1.29. The Balaban J connectivity index is 1.88. The van der Waals surface area contributed by atoms with Gasteiger partial charge in [-0.2, -0.15) is 0 Å². The molecule has 1 saturated heterocycles. The molecule has 24 heavy (non-hydrogen) atoms. The van der Waals surface area contributed by atoms with Gasteiger partial charge in [0.2, 0.25) is 17.1 Å². The zero-order valence-corrected chi connectivity index (χ0v) is 13.1. The quantitative estimate of drug-likeness (QED) is 0.918. The maximum absolute atomic E-state index is 13.5. The molecule has 0 spiro atoms. The Morgan fingerprint density at radius 1 is 1.38 bits per heavy atom. The Morgan fingerprint density at radius 2 is 2.21 bits per heavy atom. The van der Waals surface area contributed by atoms with Crippen molar-refractivity contribution in [3.8, 4) is 5.75 Å². The number of carbonyl (C=O) groups is 1. The smallest absolute Gasteiger partial charge is 0.242 e. The number of benzene rings is 1. The van der Waals surface area contributed by atoms with Crippen molar-refractivity contribution in [3.63, 3.8) is 0 Å². The molecule has 126 valence electrons. The first-order chi connectivity index (χ1) is 11.6. The van der Waals surface area contributed by atoms with Crippen LogP contribution in [0.3, 0.4) is 0 Å². The molecule has 1 unspecified atom stereocenters. The Morgan fingerprint density at radius 3 is 2.92 bits per heavy atom. The normalized spacial score (nSPS) is 18.2. The molecular formula is C17H17FN2O4. The number of nitrogens with one attached hydrogen (secondary N) is 1. The Kier molecular flexibility index (Phi) is 4.61. The number of methoxy groups -OCH3 is 1. The van der Waals surface area contributed by atoms with Gasteiger partial charge in [0, 0.05) is 19.2 Å². The van der Waals surface area contributed by atoms with E-state index < -0.39 is 11.9 Å². The first kappa shape index (κ1) is 16.2. The van der Waals surface area contributed by atoms with Crippen molar-refractivity contribution in [2.45, 2.75) is 12.6 Å². The minimum absolute atomic E-state index is 0.122. The second-order valence-corrected chi connectivity index (χ2v) is 5.50. The minimum atomic E-state index is -0.637. The first-order valence-electron chi connectivity index (χ1n) is 7.51. The second-order valence-electron chi connectivity index (χ2n) is 5.50. The largest absolute Gasteiger partial charge is 0.490 e. The van der Waals surface area contributed by atoms with Crippen molar-refractivity contribution in [2.75, 3.05) is 20.2 Å². The van der Waals surface area contributed by atoms with E-state index in [1.54, 1.807) is 12.1 Å². The Bertz CT molecular complexity index is 805. The number of hydrogen-bond acceptors (Lipinski definition) is 5. The van der Waals surface area contributed by atoms with E-state index in [1.807, 2.05) is 4.90 Å². The number of carbonyl (C=O) groups excluding carboxylic acids is 1. The van der Waals surface area contributed by atoms with Crippen molar-refractivity contribution in [2.24, 2.45) is 0 Å². The van der Waals surface area contributed by atoms with Gasteiger partial charge in [0.25, 0.3) is 0 Å². The van der Waals surface area contributed by atoms with E-state index in [9.17, 15) is 14.0 Å². The highest BCUT2D eigenvalue weighted by atomic mass is 19.1. The SMILES string of the molecule is COc1coc(CN2CCNC(=O)C2c2cccc(F)c2)cc1=O. The van der Waals surface area contributed by atoms with Crippen LogP contribution in [0.1, 0.15) is 17.4 Å². The van der Waals surface area contributed by atoms with Gasteiger partial charge >= 0.3 is 0 Å². The molecule has 1 fully saturated rings. The molecule has 1 N–H and O–H groups in total. The van der Waals surface area contributed by atoms with Crippen LogP contribution in [0.25, 0.3) is 0 Å². The van der Waals surface area contributed by atoms with Gasteiger partial charge in [-0.1, -0.05) is 12.1 Å². The Hall–Kier alpha value is -2.67. The fourth-order valence-electron chi connectivity index (χ4n) is 2.79. The average molecular weight is 332 g/mol. The molecule has 0 aliphatic carbocycles. The lowest BCUT2D eigenvalue weighted by molar-refractivity contribution is -0.129. The van der Waals surface area contributed by atoms with Gasteiger partial charge in [-0.05, 0) is 17.7 Å². The maximum atomic E-state index is 13.5. The average Bonchev–Trinajstić information content (AvgIpc) is 2.55. The van der Waals surface area contributed by atoms with Crippen molar-refractivity contribution in [1.29, 1.82) is 0 Å². The third-order valence-corrected chi connectivity index (χ3v) is 3.91. The van der Waals surface area contributed by atoms with Crippen LogP contribution < -0.4 is 15.5 Å². The van der Waals surface area contributed by atoms with Gasteiger partial charge in [0.1, 0.15) is 23.9 Å². The fraction of sp³-hybridized carbons (Fsp3) is 0.294. The molecule has 1 aromatic carbocycles. The van der Waals surface area contributed by atoms with Gasteiger partial charge in [-0.15, -0.1) is 0 Å². The summed E-state index contributed by atoms with van der Waals surface area (Å²) in [5.74, 6) is -0.0711. The fourth-order valence-corrected chi connectivity index (χ4v) is 2.79. The molecular weight excluding hydrogens is 315 g/mol. The molecule has 1 aromatic heterocycles. The highest BCUT2D eigenvalue weighted by Crippen LogP contribution is 2.25. The van der Waals surface area contributed by atoms with E-state index >= 15 is 0 Å². The molecule has 1 atom stereocenters. The molecule has 0 bridgehead atoms. The van der Waals surface area contributed by atoms with E-state index in [4.69, 9.17) is 9.15 Å². The van der Waals surface area contributed by atoms with Crippen LogP contribution in [0, 0.1) is 5.82 Å². The van der Waals surface area contributed by atoms with E-state index in [2.05, 4.69) is 5.32 Å². The zero-order chi connectivity index (χ0) is 17.1. The highest BCUT2D eigenvalue weighted by molar-refractivity contribution is 5.83. The number of amides is 1. The van der Waals surface area contributed by atoms with Crippen LogP contribution in [0.4, 0.5) is 4.39 Å². The third kappa shape index (κ3) is 3.30. The lowest BCUT2D eigenvalue weighted by atomic mass is 10.0. The molecule has 2 heterocycles. The molecule has 0 radical (unpaired) electrons.